The van der Waals surface area contributed by atoms with Gasteiger partial charge < -0.3 is 32.1 Å². The van der Waals surface area contributed by atoms with E-state index in [0.29, 0.717) is 0 Å². The van der Waals surface area contributed by atoms with Crippen LogP contribution in [-0.2, 0) is 45.7 Å². The molecule has 0 amide bonds. The summed E-state index contributed by atoms with van der Waals surface area (Å²) in [5.74, 6) is -8.67. The number of carbonyl (C=O) groups is 5. The minimum atomic E-state index is -2.74. The molecule has 0 aliphatic rings. The summed E-state index contributed by atoms with van der Waals surface area (Å²) in [7, 11) is 0. The van der Waals surface area contributed by atoms with Crippen LogP contribution < -0.4 is 51.4 Å². The predicted molar refractivity (Wildman–Crippen MR) is 53.5 cm³/mol. The zero-order valence-electron chi connectivity index (χ0n) is 11.6. The van der Waals surface area contributed by atoms with Gasteiger partial charge in [0.1, 0.15) is 0 Å². The van der Waals surface area contributed by atoms with Gasteiger partial charge in [0.2, 0.25) is 0 Å². The quantitative estimate of drug-likeness (QED) is 0.199. The molecule has 0 saturated carbocycles. The minimum Gasteiger partial charge on any atom is -1.00 e. The van der Waals surface area contributed by atoms with E-state index in [1.165, 1.54) is 0 Å². The van der Waals surface area contributed by atoms with Crippen molar-refractivity contribution < 1.29 is 129 Å². The van der Waals surface area contributed by atoms with Gasteiger partial charge in [-0.05, 0) is 0 Å². The van der Waals surface area contributed by atoms with E-state index in [-0.39, 0.29) is 74.5 Å². The fraction of sp³-hybridized carbons (Fsp3) is 0.375. The van der Waals surface area contributed by atoms with Gasteiger partial charge in [-0.2, -0.15) is 0 Å². The Bertz CT molecular complexity index is 385. The summed E-state index contributed by atoms with van der Waals surface area (Å²) in [4.78, 5) is 48.7. The molecule has 0 radical (unpaired) electrons. The van der Waals surface area contributed by atoms with Crippen LogP contribution in [0.3, 0.4) is 0 Å². The van der Waals surface area contributed by atoms with Gasteiger partial charge in [-0.3, -0.25) is 9.59 Å². The van der Waals surface area contributed by atoms with Crippen LogP contribution in [0.2, 0.25) is 0 Å². The first-order valence-electron chi connectivity index (χ1n) is 4.28. The van der Waals surface area contributed by atoms with Crippen LogP contribution in [0.25, 0.3) is 0 Å². The molecule has 13 heteroatoms. The van der Waals surface area contributed by atoms with E-state index in [0.717, 1.165) is 0 Å². The molecule has 0 aromatic carbocycles. The van der Waals surface area contributed by atoms with Gasteiger partial charge in [0.25, 0.3) is 0 Å². The average Bonchev–Trinajstić information content (AvgIpc) is 2.14. The third kappa shape index (κ3) is 15.9. The molecule has 21 heavy (non-hydrogen) atoms. The van der Waals surface area contributed by atoms with Gasteiger partial charge in [-0.1, -0.05) is 0 Å². The van der Waals surface area contributed by atoms with Crippen molar-refractivity contribution in [2.45, 2.75) is 18.4 Å². The summed E-state index contributed by atoms with van der Waals surface area (Å²) in [6, 6.07) is 0. The van der Waals surface area contributed by atoms with E-state index < -0.39 is 48.3 Å². The predicted octanol–water partition coefficient (Wildman–Crippen LogP) is -4.98. The van der Waals surface area contributed by atoms with Crippen LogP contribution in [0.15, 0.2) is 0 Å². The maximum Gasteiger partial charge on any atom is 1.00 e. The second-order valence-electron chi connectivity index (χ2n) is 3.09. The number of aliphatic hydroxyl groups is 1. The number of rotatable bonds is 5. The Morgan fingerprint density at radius 2 is 1.00 bits per heavy atom. The SMILES string of the molecule is O=C(O)C(=O)O.O=C(O)CC(O)(CC(=O)O)C(=O)O.[H-].[K+].[Ti]. The van der Waals surface area contributed by atoms with Gasteiger partial charge >= 0.3 is 81.2 Å². The molecule has 6 N–H and O–H groups in total. The Kier molecular flexibility index (Phi) is 18.3. The molecule has 0 rings (SSSR count). The summed E-state index contributed by atoms with van der Waals surface area (Å²) >= 11 is 0. The molecule has 0 spiro atoms. The Labute approximate surface area is 175 Å². The smallest absolute Gasteiger partial charge is 1.00 e. The van der Waals surface area contributed by atoms with Gasteiger partial charge in [-0.25, -0.2) is 14.4 Å². The van der Waals surface area contributed by atoms with Crippen LogP contribution in [0.5, 0.6) is 0 Å². The summed E-state index contributed by atoms with van der Waals surface area (Å²) in [6.45, 7) is 0. The molecule has 0 aliphatic heterocycles. The molecule has 0 saturated heterocycles. The molecule has 0 aromatic heterocycles. The third-order valence-electron chi connectivity index (χ3n) is 1.47. The second kappa shape index (κ2) is 13.3. The van der Waals surface area contributed by atoms with Gasteiger partial charge in [0.05, 0.1) is 12.8 Å². The molecule has 0 unspecified atom stereocenters. The molecule has 114 valence electrons. The zero-order valence-corrected chi connectivity index (χ0v) is 15.3. The van der Waals surface area contributed by atoms with Crippen LogP contribution in [0.4, 0.5) is 0 Å². The van der Waals surface area contributed by atoms with E-state index in [1.807, 2.05) is 0 Å². The summed E-state index contributed by atoms with van der Waals surface area (Å²) < 4.78 is 0. The standard InChI is InChI=1S/C6H8O7.C2H2O4.K.Ti.H/c7-3(8)1-6(13,5(11)12)2-4(9)10;3-1(4)2(5)6;;;/h13H,1-2H2,(H,7,8)(H,9,10)(H,11,12);(H,3,4)(H,5,6);;;/q;;+1;;-1. The Morgan fingerprint density at radius 3 is 1.10 bits per heavy atom. The van der Waals surface area contributed by atoms with Crippen molar-refractivity contribution in [2.75, 3.05) is 0 Å². The fourth-order valence-electron chi connectivity index (χ4n) is 0.714. The van der Waals surface area contributed by atoms with Crippen LogP contribution in [0, 0.1) is 0 Å². The van der Waals surface area contributed by atoms with Gasteiger partial charge in [-0.15, -0.1) is 0 Å². The van der Waals surface area contributed by atoms with Gasteiger partial charge in [0, 0.05) is 21.7 Å². The Balaban J connectivity index is -0.0000000933. The topological polar surface area (TPSA) is 207 Å². The monoisotopic (exact) mass is 370 g/mol. The fourth-order valence-corrected chi connectivity index (χ4v) is 0.714. The molecule has 0 aromatic rings. The normalized spacial score (nSPS) is 8.81. The summed E-state index contributed by atoms with van der Waals surface area (Å²) in [6.07, 6.45) is -2.29. The molecular weight excluding hydrogens is 359 g/mol. The van der Waals surface area contributed by atoms with E-state index in [2.05, 4.69) is 0 Å². The first-order chi connectivity index (χ1) is 8.42. The molecule has 0 heterocycles. The van der Waals surface area contributed by atoms with Crippen LogP contribution in [-0.4, -0.2) is 66.1 Å². The molecule has 0 atom stereocenters. The second-order valence-corrected chi connectivity index (χ2v) is 3.09. The van der Waals surface area contributed by atoms with Crippen molar-refractivity contribution in [2.24, 2.45) is 0 Å². The maximum atomic E-state index is 10.3. The van der Waals surface area contributed by atoms with Crippen molar-refractivity contribution in [1.29, 1.82) is 0 Å². The molecule has 0 aliphatic carbocycles. The first-order valence-corrected chi connectivity index (χ1v) is 4.28. The largest absolute Gasteiger partial charge is 1.00 e. The van der Waals surface area contributed by atoms with E-state index in [4.69, 9.17) is 40.2 Å². The van der Waals surface area contributed by atoms with Gasteiger partial charge in [0.15, 0.2) is 5.60 Å². The number of carboxylic acid groups (broad SMARTS) is 5. The third-order valence-corrected chi connectivity index (χ3v) is 1.47. The molecule has 0 bridgehead atoms. The maximum absolute atomic E-state index is 10.3. The van der Waals surface area contributed by atoms with E-state index in [1.54, 1.807) is 0 Å². The molecule has 0 fully saturated rings. The Hall–Kier alpha value is -0.339. The molecular formula is C8H11KO11Ti. The summed E-state index contributed by atoms with van der Waals surface area (Å²) in [5, 5.41) is 48.6. The van der Waals surface area contributed by atoms with Crippen molar-refractivity contribution in [3.63, 3.8) is 0 Å². The number of aliphatic carboxylic acids is 5. The minimum absolute atomic E-state index is 0. The van der Waals surface area contributed by atoms with Crippen molar-refractivity contribution >= 4 is 29.8 Å². The van der Waals surface area contributed by atoms with Crippen molar-refractivity contribution in [1.82, 2.24) is 0 Å². The Morgan fingerprint density at radius 1 is 0.762 bits per heavy atom. The van der Waals surface area contributed by atoms with Crippen LogP contribution >= 0.6 is 0 Å². The molecule has 11 nitrogen and oxygen atoms in total. The van der Waals surface area contributed by atoms with Crippen LogP contribution in [0.1, 0.15) is 14.3 Å². The zero-order chi connectivity index (χ0) is 15.8. The number of carboxylic acids is 5. The number of hydrogen-bond acceptors (Lipinski definition) is 6. The number of hydrogen-bond donors (Lipinski definition) is 6. The van der Waals surface area contributed by atoms with Crippen molar-refractivity contribution in [3.8, 4) is 0 Å². The van der Waals surface area contributed by atoms with E-state index >= 15 is 0 Å². The average molecular weight is 370 g/mol. The van der Waals surface area contributed by atoms with Crippen molar-refractivity contribution in [3.05, 3.63) is 0 Å². The first kappa shape index (κ1) is 28.8. The summed E-state index contributed by atoms with van der Waals surface area (Å²) in [5.41, 5.74) is -2.74. The van der Waals surface area contributed by atoms with E-state index in [9.17, 15) is 14.4 Å².